The SMILES string of the molecule is Cc1cc2c(NC(C)C3CCCC3)nc(N)nc2s1. The average Bonchev–Trinajstić information content (AvgIpc) is 2.96. The van der Waals surface area contributed by atoms with Crippen LogP contribution < -0.4 is 11.1 Å². The molecule has 0 amide bonds. The van der Waals surface area contributed by atoms with E-state index in [4.69, 9.17) is 5.73 Å². The predicted octanol–water partition coefficient (Wildman–Crippen LogP) is 3.57. The van der Waals surface area contributed by atoms with Crippen molar-refractivity contribution >= 4 is 33.3 Å². The van der Waals surface area contributed by atoms with Crippen molar-refractivity contribution in [1.29, 1.82) is 0 Å². The van der Waals surface area contributed by atoms with Crippen molar-refractivity contribution in [2.24, 2.45) is 5.92 Å². The van der Waals surface area contributed by atoms with Crippen LogP contribution in [0, 0.1) is 12.8 Å². The van der Waals surface area contributed by atoms with Gasteiger partial charge in [0.2, 0.25) is 5.95 Å². The van der Waals surface area contributed by atoms with Gasteiger partial charge in [0.1, 0.15) is 10.6 Å². The lowest BCUT2D eigenvalue weighted by atomic mass is 10.00. The maximum absolute atomic E-state index is 5.81. The smallest absolute Gasteiger partial charge is 0.223 e. The highest BCUT2D eigenvalue weighted by molar-refractivity contribution is 7.18. The zero-order chi connectivity index (χ0) is 13.4. The summed E-state index contributed by atoms with van der Waals surface area (Å²) in [5, 5.41) is 4.66. The van der Waals surface area contributed by atoms with Crippen LogP contribution in [-0.4, -0.2) is 16.0 Å². The molecule has 1 aliphatic carbocycles. The zero-order valence-electron chi connectivity index (χ0n) is 11.4. The van der Waals surface area contributed by atoms with Gasteiger partial charge in [-0.05, 0) is 38.7 Å². The number of nitrogens with one attached hydrogen (secondary N) is 1. The summed E-state index contributed by atoms with van der Waals surface area (Å²) in [6, 6.07) is 2.59. The van der Waals surface area contributed by atoms with Crippen LogP contribution in [0.1, 0.15) is 37.5 Å². The fraction of sp³-hybridized carbons (Fsp3) is 0.571. The molecule has 2 aromatic rings. The second kappa shape index (κ2) is 4.96. The molecule has 2 heterocycles. The first kappa shape index (κ1) is 12.7. The maximum atomic E-state index is 5.81. The Kier molecular flexibility index (Phi) is 3.31. The molecule has 2 aromatic heterocycles. The Hall–Kier alpha value is -1.36. The van der Waals surface area contributed by atoms with Crippen LogP contribution in [0.15, 0.2) is 6.07 Å². The standard InChI is InChI=1S/C14H20N4S/c1-8-7-11-12(17-14(15)18-13(11)19-8)16-9(2)10-5-3-4-6-10/h7,9-10H,3-6H2,1-2H3,(H3,15,16,17,18). The van der Waals surface area contributed by atoms with Crippen molar-refractivity contribution in [3.63, 3.8) is 0 Å². The Morgan fingerprint density at radius 3 is 2.84 bits per heavy atom. The average molecular weight is 276 g/mol. The number of hydrogen-bond donors (Lipinski definition) is 2. The van der Waals surface area contributed by atoms with E-state index in [9.17, 15) is 0 Å². The summed E-state index contributed by atoms with van der Waals surface area (Å²) >= 11 is 1.67. The molecule has 0 bridgehead atoms. The van der Waals surface area contributed by atoms with E-state index in [2.05, 4.69) is 35.2 Å². The van der Waals surface area contributed by atoms with Gasteiger partial charge in [0.05, 0.1) is 5.39 Å². The number of nitrogens with zero attached hydrogens (tertiary/aromatic N) is 2. The molecule has 1 saturated carbocycles. The van der Waals surface area contributed by atoms with Gasteiger partial charge in [-0.2, -0.15) is 4.98 Å². The highest BCUT2D eigenvalue weighted by atomic mass is 32.1. The van der Waals surface area contributed by atoms with Crippen molar-refractivity contribution in [3.8, 4) is 0 Å². The van der Waals surface area contributed by atoms with Gasteiger partial charge in [0.15, 0.2) is 0 Å². The van der Waals surface area contributed by atoms with Crippen molar-refractivity contribution in [2.75, 3.05) is 11.1 Å². The summed E-state index contributed by atoms with van der Waals surface area (Å²) in [4.78, 5) is 10.9. The highest BCUT2D eigenvalue weighted by Gasteiger charge is 2.22. The van der Waals surface area contributed by atoms with Gasteiger partial charge in [-0.25, -0.2) is 4.98 Å². The van der Waals surface area contributed by atoms with E-state index in [1.807, 2.05) is 0 Å². The topological polar surface area (TPSA) is 63.8 Å². The van der Waals surface area contributed by atoms with E-state index in [0.29, 0.717) is 12.0 Å². The molecule has 3 rings (SSSR count). The van der Waals surface area contributed by atoms with Gasteiger partial charge < -0.3 is 11.1 Å². The van der Waals surface area contributed by atoms with Crippen molar-refractivity contribution in [2.45, 2.75) is 45.6 Å². The van der Waals surface area contributed by atoms with E-state index in [1.165, 1.54) is 30.6 Å². The number of fused-ring (bicyclic) bond motifs is 1. The lowest BCUT2D eigenvalue weighted by Crippen LogP contribution is -2.24. The third-order valence-corrected chi connectivity index (χ3v) is 4.95. The molecule has 1 atom stereocenters. The summed E-state index contributed by atoms with van der Waals surface area (Å²) in [5.41, 5.74) is 5.81. The minimum absolute atomic E-state index is 0.357. The second-order valence-corrected chi connectivity index (χ2v) is 6.72. The quantitative estimate of drug-likeness (QED) is 0.899. The molecule has 1 fully saturated rings. The number of anilines is 2. The Balaban J connectivity index is 1.90. The fourth-order valence-electron chi connectivity index (χ4n) is 2.96. The summed E-state index contributed by atoms with van der Waals surface area (Å²) in [5.74, 6) is 2.01. The monoisotopic (exact) mass is 276 g/mol. The third-order valence-electron chi connectivity index (χ3n) is 4.00. The Labute approximate surface area is 117 Å². The van der Waals surface area contributed by atoms with Crippen LogP contribution in [0.5, 0.6) is 0 Å². The summed E-state index contributed by atoms with van der Waals surface area (Å²) < 4.78 is 0. The number of aryl methyl sites for hydroxylation is 1. The molecule has 5 heteroatoms. The summed E-state index contributed by atoms with van der Waals surface area (Å²) in [7, 11) is 0. The highest BCUT2D eigenvalue weighted by Crippen LogP contribution is 2.32. The minimum atomic E-state index is 0.357. The molecule has 0 saturated heterocycles. The number of aromatic nitrogens is 2. The van der Waals surface area contributed by atoms with Crippen molar-refractivity contribution < 1.29 is 0 Å². The van der Waals surface area contributed by atoms with Crippen molar-refractivity contribution in [3.05, 3.63) is 10.9 Å². The van der Waals surface area contributed by atoms with Gasteiger partial charge in [-0.3, -0.25) is 0 Å². The molecular formula is C14H20N4S. The van der Waals surface area contributed by atoms with Crippen LogP contribution >= 0.6 is 11.3 Å². The number of nitrogen functional groups attached to an aromatic ring is 1. The van der Waals surface area contributed by atoms with Gasteiger partial charge in [0.25, 0.3) is 0 Å². The second-order valence-electron chi connectivity index (χ2n) is 5.48. The number of nitrogens with two attached hydrogens (primary N) is 1. The largest absolute Gasteiger partial charge is 0.368 e. The van der Waals surface area contributed by atoms with Gasteiger partial charge in [-0.1, -0.05) is 12.8 Å². The van der Waals surface area contributed by atoms with Gasteiger partial charge in [-0.15, -0.1) is 11.3 Å². The molecule has 0 aliphatic heterocycles. The zero-order valence-corrected chi connectivity index (χ0v) is 12.3. The van der Waals surface area contributed by atoms with Crippen molar-refractivity contribution in [1.82, 2.24) is 9.97 Å². The predicted molar refractivity (Wildman–Crippen MR) is 81.6 cm³/mol. The fourth-order valence-corrected chi connectivity index (χ4v) is 3.85. The van der Waals surface area contributed by atoms with Crippen LogP contribution in [0.4, 0.5) is 11.8 Å². The van der Waals surface area contributed by atoms with E-state index in [1.54, 1.807) is 11.3 Å². The van der Waals surface area contributed by atoms with Crippen LogP contribution in [-0.2, 0) is 0 Å². The van der Waals surface area contributed by atoms with Crippen LogP contribution in [0.25, 0.3) is 10.2 Å². The third kappa shape index (κ3) is 2.52. The normalized spacial score (nSPS) is 18.0. The Bertz CT molecular complexity index is 586. The molecular weight excluding hydrogens is 256 g/mol. The Morgan fingerprint density at radius 1 is 1.37 bits per heavy atom. The van der Waals surface area contributed by atoms with Crippen LogP contribution in [0.3, 0.4) is 0 Å². The molecule has 4 nitrogen and oxygen atoms in total. The molecule has 0 aromatic carbocycles. The molecule has 3 N–H and O–H groups in total. The molecule has 0 spiro atoms. The number of rotatable bonds is 3. The lowest BCUT2D eigenvalue weighted by molar-refractivity contribution is 0.481. The summed E-state index contributed by atoms with van der Waals surface area (Å²) in [6.07, 6.45) is 5.35. The molecule has 102 valence electrons. The van der Waals surface area contributed by atoms with E-state index >= 15 is 0 Å². The minimum Gasteiger partial charge on any atom is -0.368 e. The van der Waals surface area contributed by atoms with E-state index < -0.39 is 0 Å². The van der Waals surface area contributed by atoms with E-state index in [0.717, 1.165) is 22.0 Å². The number of thiophene rings is 1. The first-order valence-corrected chi connectivity index (χ1v) is 7.75. The first-order chi connectivity index (χ1) is 9.13. The molecule has 19 heavy (non-hydrogen) atoms. The summed E-state index contributed by atoms with van der Waals surface area (Å²) in [6.45, 7) is 4.34. The van der Waals surface area contributed by atoms with Crippen LogP contribution in [0.2, 0.25) is 0 Å². The maximum Gasteiger partial charge on any atom is 0.223 e. The Morgan fingerprint density at radius 2 is 2.11 bits per heavy atom. The van der Waals surface area contributed by atoms with E-state index in [-0.39, 0.29) is 0 Å². The van der Waals surface area contributed by atoms with Gasteiger partial charge >= 0.3 is 0 Å². The lowest BCUT2D eigenvalue weighted by Gasteiger charge is -2.21. The molecule has 0 radical (unpaired) electrons. The molecule has 1 unspecified atom stereocenters. The number of hydrogen-bond acceptors (Lipinski definition) is 5. The molecule has 1 aliphatic rings. The van der Waals surface area contributed by atoms with Gasteiger partial charge in [0, 0.05) is 10.9 Å². The first-order valence-electron chi connectivity index (χ1n) is 6.93.